The molecule has 1 aromatic rings. The number of rotatable bonds is 2. The Morgan fingerprint density at radius 2 is 2.10 bits per heavy atom. The molecule has 0 unspecified atom stereocenters. The van der Waals surface area contributed by atoms with Gasteiger partial charge in [0, 0.05) is 31.7 Å². The lowest BCUT2D eigenvalue weighted by molar-refractivity contribution is -0.131. The highest BCUT2D eigenvalue weighted by atomic mass is 16.2. The van der Waals surface area contributed by atoms with E-state index in [9.17, 15) is 9.59 Å². The van der Waals surface area contributed by atoms with Crippen LogP contribution in [0.15, 0.2) is 12.3 Å². The molecule has 0 spiro atoms. The first-order valence-corrected chi connectivity index (χ1v) is 6.60. The number of nitrogens with zero attached hydrogens (tertiary/aromatic N) is 2. The molecule has 0 aliphatic carbocycles. The summed E-state index contributed by atoms with van der Waals surface area (Å²) in [6.07, 6.45) is 2.81. The van der Waals surface area contributed by atoms with Crippen LogP contribution < -0.4 is 5.32 Å². The van der Waals surface area contributed by atoms with Crippen molar-refractivity contribution < 1.29 is 9.59 Å². The Kier molecular flexibility index (Phi) is 3.79. The van der Waals surface area contributed by atoms with E-state index in [1.54, 1.807) is 18.0 Å². The van der Waals surface area contributed by atoms with E-state index in [2.05, 4.69) is 10.3 Å². The Hall–Kier alpha value is -2.29. The molecule has 0 bridgehead atoms. The van der Waals surface area contributed by atoms with E-state index in [0.717, 1.165) is 0 Å². The summed E-state index contributed by atoms with van der Waals surface area (Å²) in [6.45, 7) is 3.02. The van der Waals surface area contributed by atoms with Crippen molar-refractivity contribution in [3.05, 3.63) is 23.5 Å². The summed E-state index contributed by atoms with van der Waals surface area (Å²) in [5.41, 5.74) is 0.463. The van der Waals surface area contributed by atoms with E-state index in [-0.39, 0.29) is 11.8 Å². The van der Waals surface area contributed by atoms with Crippen molar-refractivity contribution in [3.63, 3.8) is 0 Å². The van der Waals surface area contributed by atoms with Crippen LogP contribution in [-0.2, 0) is 4.79 Å². The number of hydrogen-bond acceptors (Lipinski definition) is 3. The van der Waals surface area contributed by atoms with Gasteiger partial charge in [0.2, 0.25) is 5.91 Å². The van der Waals surface area contributed by atoms with Crippen molar-refractivity contribution in [2.75, 3.05) is 20.1 Å². The van der Waals surface area contributed by atoms with Gasteiger partial charge in [-0.3, -0.25) is 9.59 Å². The van der Waals surface area contributed by atoms with Gasteiger partial charge < -0.3 is 15.2 Å². The molecule has 2 N–H and O–H groups in total. The molecule has 20 heavy (non-hydrogen) atoms. The van der Waals surface area contributed by atoms with Crippen molar-refractivity contribution in [1.29, 1.82) is 5.26 Å². The van der Waals surface area contributed by atoms with Crippen molar-refractivity contribution >= 4 is 11.8 Å². The highest BCUT2D eigenvalue weighted by molar-refractivity contribution is 5.93. The van der Waals surface area contributed by atoms with Crippen LogP contribution in [0, 0.1) is 16.7 Å². The van der Waals surface area contributed by atoms with Gasteiger partial charge in [-0.2, -0.15) is 5.26 Å². The zero-order chi connectivity index (χ0) is 14.8. The lowest BCUT2D eigenvalue weighted by Crippen LogP contribution is -2.48. The summed E-state index contributed by atoms with van der Waals surface area (Å²) >= 11 is 0. The molecule has 1 aromatic heterocycles. The molecular formula is C14H18N4O2. The fraction of sp³-hybridized carbons (Fsp3) is 0.500. The Morgan fingerprint density at radius 1 is 1.45 bits per heavy atom. The minimum atomic E-state index is -0.404. The van der Waals surface area contributed by atoms with Crippen molar-refractivity contribution in [3.8, 4) is 6.07 Å². The van der Waals surface area contributed by atoms with Gasteiger partial charge in [-0.25, -0.2) is 0 Å². The number of amides is 2. The van der Waals surface area contributed by atoms with Crippen LogP contribution in [0.4, 0.5) is 0 Å². The third kappa shape index (κ3) is 2.52. The largest absolute Gasteiger partial charge is 0.359 e. The first-order valence-electron chi connectivity index (χ1n) is 6.60. The molecule has 0 saturated carbocycles. The van der Waals surface area contributed by atoms with E-state index in [1.165, 1.54) is 6.20 Å². The number of piperidine rings is 1. The molecule has 1 aliphatic heterocycles. The lowest BCUT2D eigenvalue weighted by Gasteiger charge is -2.37. The topological polar surface area (TPSA) is 89.0 Å². The van der Waals surface area contributed by atoms with Gasteiger partial charge in [-0.05, 0) is 18.9 Å². The predicted molar refractivity (Wildman–Crippen MR) is 72.8 cm³/mol. The van der Waals surface area contributed by atoms with Gasteiger partial charge in [-0.15, -0.1) is 0 Å². The van der Waals surface area contributed by atoms with Crippen LogP contribution in [0.2, 0.25) is 0 Å². The minimum Gasteiger partial charge on any atom is -0.359 e. The van der Waals surface area contributed by atoms with Crippen LogP contribution in [-0.4, -0.2) is 41.8 Å². The molecule has 106 valence electrons. The second-order valence-corrected chi connectivity index (χ2v) is 5.35. The third-order valence-electron chi connectivity index (χ3n) is 3.97. The van der Waals surface area contributed by atoms with Crippen molar-refractivity contribution in [2.24, 2.45) is 5.41 Å². The van der Waals surface area contributed by atoms with Gasteiger partial charge in [0.25, 0.3) is 5.91 Å². The Bertz CT molecular complexity index is 562. The molecule has 2 amide bonds. The summed E-state index contributed by atoms with van der Waals surface area (Å²) in [7, 11) is 1.63. The Labute approximate surface area is 117 Å². The minimum absolute atomic E-state index is 0.0243. The molecule has 2 heterocycles. The average Bonchev–Trinajstić information content (AvgIpc) is 2.95. The molecule has 1 aliphatic rings. The van der Waals surface area contributed by atoms with Gasteiger partial charge in [0.05, 0.1) is 5.56 Å². The molecule has 0 radical (unpaired) electrons. The first kappa shape index (κ1) is 14.1. The molecule has 6 nitrogen and oxygen atoms in total. The van der Waals surface area contributed by atoms with Crippen molar-refractivity contribution in [2.45, 2.75) is 19.8 Å². The lowest BCUT2D eigenvalue weighted by atomic mass is 9.79. The molecule has 0 atom stereocenters. The molecule has 6 heteroatoms. The Balaban J connectivity index is 2.02. The average molecular weight is 274 g/mol. The standard InChI is InChI=1S/C14H18N4O2/c1-14(13(20)16-2)3-5-18(6-4-14)12(19)11-7-10(8-15)9-17-11/h7,9,17H,3-6H2,1-2H3,(H,16,20). The molecule has 0 aromatic carbocycles. The van der Waals surface area contributed by atoms with E-state index in [0.29, 0.717) is 37.2 Å². The number of hydrogen-bond donors (Lipinski definition) is 2. The zero-order valence-corrected chi connectivity index (χ0v) is 11.7. The number of carbonyl (C=O) groups excluding carboxylic acids is 2. The van der Waals surface area contributed by atoms with Gasteiger partial charge in [-0.1, -0.05) is 6.92 Å². The molecular weight excluding hydrogens is 256 g/mol. The van der Waals surface area contributed by atoms with Crippen LogP contribution in [0.3, 0.4) is 0 Å². The van der Waals surface area contributed by atoms with Gasteiger partial charge >= 0.3 is 0 Å². The predicted octanol–water partition coefficient (Wildman–Crippen LogP) is 0.875. The number of nitriles is 1. The first-order chi connectivity index (χ1) is 9.50. The SMILES string of the molecule is CNC(=O)C1(C)CCN(C(=O)c2cc(C#N)c[nH]2)CC1. The molecule has 1 fully saturated rings. The summed E-state index contributed by atoms with van der Waals surface area (Å²) in [4.78, 5) is 28.6. The number of aromatic amines is 1. The number of aromatic nitrogens is 1. The monoisotopic (exact) mass is 274 g/mol. The number of H-pyrrole nitrogens is 1. The summed E-state index contributed by atoms with van der Waals surface area (Å²) in [5.74, 6) is -0.0957. The third-order valence-corrected chi connectivity index (χ3v) is 3.97. The summed E-state index contributed by atoms with van der Waals surface area (Å²) in [5, 5.41) is 11.4. The molecule has 1 saturated heterocycles. The van der Waals surface area contributed by atoms with Crippen LogP contribution in [0.1, 0.15) is 35.8 Å². The van der Waals surface area contributed by atoms with Gasteiger partial charge in [0.15, 0.2) is 0 Å². The fourth-order valence-corrected chi connectivity index (χ4v) is 2.48. The summed E-state index contributed by atoms with van der Waals surface area (Å²) < 4.78 is 0. The number of carbonyl (C=O) groups is 2. The van der Waals surface area contributed by atoms with E-state index in [1.807, 2.05) is 13.0 Å². The number of likely N-dealkylation sites (tertiary alicyclic amines) is 1. The highest BCUT2D eigenvalue weighted by Crippen LogP contribution is 2.31. The second-order valence-electron chi connectivity index (χ2n) is 5.35. The highest BCUT2D eigenvalue weighted by Gasteiger charge is 2.37. The Morgan fingerprint density at radius 3 is 2.60 bits per heavy atom. The molecule has 2 rings (SSSR count). The quantitative estimate of drug-likeness (QED) is 0.838. The summed E-state index contributed by atoms with van der Waals surface area (Å²) in [6, 6.07) is 3.54. The smallest absolute Gasteiger partial charge is 0.270 e. The normalized spacial score (nSPS) is 17.4. The zero-order valence-electron chi connectivity index (χ0n) is 11.7. The maximum atomic E-state index is 12.3. The fourth-order valence-electron chi connectivity index (χ4n) is 2.48. The van der Waals surface area contributed by atoms with Gasteiger partial charge in [0.1, 0.15) is 11.8 Å². The second kappa shape index (κ2) is 5.37. The van der Waals surface area contributed by atoms with Crippen LogP contribution >= 0.6 is 0 Å². The van der Waals surface area contributed by atoms with E-state index < -0.39 is 5.41 Å². The van der Waals surface area contributed by atoms with E-state index >= 15 is 0 Å². The van der Waals surface area contributed by atoms with Crippen LogP contribution in [0.5, 0.6) is 0 Å². The maximum Gasteiger partial charge on any atom is 0.270 e. The van der Waals surface area contributed by atoms with E-state index in [4.69, 9.17) is 5.26 Å². The van der Waals surface area contributed by atoms with Crippen LogP contribution in [0.25, 0.3) is 0 Å². The van der Waals surface area contributed by atoms with Crippen molar-refractivity contribution in [1.82, 2.24) is 15.2 Å². The maximum absolute atomic E-state index is 12.3. The number of nitrogens with one attached hydrogen (secondary N) is 2.